The Balaban J connectivity index is 1.76. The first-order chi connectivity index (χ1) is 9.73. The molecule has 0 bridgehead atoms. The topological polar surface area (TPSA) is 26.3 Å². The summed E-state index contributed by atoms with van der Waals surface area (Å²) in [6.07, 6.45) is 2.68. The van der Waals surface area contributed by atoms with Crippen LogP contribution in [0.4, 0.5) is 0 Å². The third kappa shape index (κ3) is 2.46. The summed E-state index contributed by atoms with van der Waals surface area (Å²) in [6.45, 7) is 0. The number of benzene rings is 2. The molecule has 0 aromatic heterocycles. The van der Waals surface area contributed by atoms with Crippen LogP contribution in [-0.4, -0.2) is 13.1 Å². The molecule has 102 valence electrons. The Morgan fingerprint density at radius 2 is 1.60 bits per heavy atom. The average molecular weight is 266 g/mol. The monoisotopic (exact) mass is 266 g/mol. The fourth-order valence-electron chi connectivity index (χ4n) is 2.66. The molecular weight excluding hydrogens is 248 g/mol. The molecule has 0 radical (unpaired) electrons. The van der Waals surface area contributed by atoms with E-state index < -0.39 is 0 Å². The zero-order valence-corrected chi connectivity index (χ0v) is 11.6. The van der Waals surface area contributed by atoms with E-state index in [0.717, 1.165) is 19.3 Å². The lowest BCUT2D eigenvalue weighted by Crippen LogP contribution is -2.19. The van der Waals surface area contributed by atoms with Gasteiger partial charge in [0.1, 0.15) is 0 Å². The molecule has 20 heavy (non-hydrogen) atoms. The smallest absolute Gasteiger partial charge is 0.312 e. The molecule has 3 rings (SSSR count). The van der Waals surface area contributed by atoms with Crippen LogP contribution in [-0.2, 0) is 16.0 Å². The number of esters is 1. The van der Waals surface area contributed by atoms with Crippen LogP contribution in [0.1, 0.15) is 18.4 Å². The SMILES string of the molecule is COC(=O)C1(Cc2ccc(-c3ccccc3)cc2)CC1. The fourth-order valence-corrected chi connectivity index (χ4v) is 2.66. The second-order valence-electron chi connectivity index (χ2n) is 5.51. The fraction of sp³-hybridized carbons (Fsp3) is 0.278. The summed E-state index contributed by atoms with van der Waals surface area (Å²) < 4.78 is 4.90. The van der Waals surface area contributed by atoms with Crippen LogP contribution in [0, 0.1) is 5.41 Å². The van der Waals surface area contributed by atoms with E-state index in [1.807, 2.05) is 18.2 Å². The van der Waals surface area contributed by atoms with Crippen molar-refractivity contribution in [3.63, 3.8) is 0 Å². The zero-order chi connectivity index (χ0) is 14.0. The lowest BCUT2D eigenvalue weighted by molar-refractivity contribution is -0.147. The Kier molecular flexibility index (Phi) is 3.31. The van der Waals surface area contributed by atoms with E-state index >= 15 is 0 Å². The molecule has 1 fully saturated rings. The third-order valence-corrected chi connectivity index (χ3v) is 4.08. The lowest BCUT2D eigenvalue weighted by atomic mass is 9.95. The van der Waals surface area contributed by atoms with Crippen LogP contribution in [0.2, 0.25) is 0 Å². The molecule has 1 aliphatic rings. The molecule has 2 nitrogen and oxygen atoms in total. The van der Waals surface area contributed by atoms with Gasteiger partial charge in [0.05, 0.1) is 12.5 Å². The summed E-state index contributed by atoms with van der Waals surface area (Å²) in [5, 5.41) is 0. The highest BCUT2D eigenvalue weighted by atomic mass is 16.5. The molecule has 2 aromatic rings. The summed E-state index contributed by atoms with van der Waals surface area (Å²) in [4.78, 5) is 11.8. The maximum absolute atomic E-state index is 11.8. The Labute approximate surface area is 119 Å². The van der Waals surface area contributed by atoms with Gasteiger partial charge < -0.3 is 4.74 Å². The molecule has 0 aliphatic heterocycles. The average Bonchev–Trinajstić information content (AvgIpc) is 3.29. The van der Waals surface area contributed by atoms with Gasteiger partial charge in [0.25, 0.3) is 0 Å². The number of hydrogen-bond donors (Lipinski definition) is 0. The van der Waals surface area contributed by atoms with Crippen LogP contribution in [0.5, 0.6) is 0 Å². The van der Waals surface area contributed by atoms with Crippen molar-refractivity contribution in [1.29, 1.82) is 0 Å². The van der Waals surface area contributed by atoms with Crippen molar-refractivity contribution in [3.8, 4) is 11.1 Å². The van der Waals surface area contributed by atoms with Gasteiger partial charge in [-0.25, -0.2) is 0 Å². The van der Waals surface area contributed by atoms with Crippen molar-refractivity contribution < 1.29 is 9.53 Å². The number of ether oxygens (including phenoxy) is 1. The Bertz CT molecular complexity index is 595. The van der Waals surface area contributed by atoms with Crippen molar-refractivity contribution >= 4 is 5.97 Å². The molecule has 0 heterocycles. The normalized spacial score (nSPS) is 15.7. The molecule has 0 saturated heterocycles. The van der Waals surface area contributed by atoms with Crippen molar-refractivity contribution in [2.24, 2.45) is 5.41 Å². The predicted molar refractivity (Wildman–Crippen MR) is 79.3 cm³/mol. The maximum atomic E-state index is 11.8. The summed E-state index contributed by atoms with van der Waals surface area (Å²) in [7, 11) is 1.47. The van der Waals surface area contributed by atoms with Gasteiger partial charge in [-0.3, -0.25) is 4.79 Å². The van der Waals surface area contributed by atoms with Gasteiger partial charge in [0.15, 0.2) is 0 Å². The minimum atomic E-state index is -0.247. The van der Waals surface area contributed by atoms with Crippen molar-refractivity contribution in [2.75, 3.05) is 7.11 Å². The number of hydrogen-bond acceptors (Lipinski definition) is 2. The number of carbonyl (C=O) groups excluding carboxylic acids is 1. The second kappa shape index (κ2) is 5.12. The molecule has 1 saturated carbocycles. The van der Waals surface area contributed by atoms with Gasteiger partial charge in [-0.2, -0.15) is 0 Å². The lowest BCUT2D eigenvalue weighted by Gasteiger charge is -2.12. The highest BCUT2D eigenvalue weighted by Gasteiger charge is 2.50. The van der Waals surface area contributed by atoms with Crippen LogP contribution in [0.15, 0.2) is 54.6 Å². The van der Waals surface area contributed by atoms with Gasteiger partial charge in [-0.1, -0.05) is 54.6 Å². The van der Waals surface area contributed by atoms with Gasteiger partial charge in [-0.05, 0) is 36.0 Å². The van der Waals surface area contributed by atoms with Gasteiger partial charge in [0, 0.05) is 0 Å². The number of rotatable bonds is 4. The predicted octanol–water partition coefficient (Wildman–Crippen LogP) is 3.85. The Morgan fingerprint density at radius 3 is 2.15 bits per heavy atom. The molecule has 2 aromatic carbocycles. The molecule has 0 amide bonds. The molecule has 0 atom stereocenters. The largest absolute Gasteiger partial charge is 0.469 e. The van der Waals surface area contributed by atoms with Crippen LogP contribution < -0.4 is 0 Å². The van der Waals surface area contributed by atoms with E-state index in [0.29, 0.717) is 0 Å². The summed E-state index contributed by atoms with van der Waals surface area (Å²) in [5.41, 5.74) is 3.38. The zero-order valence-electron chi connectivity index (χ0n) is 11.6. The standard InChI is InChI=1S/C18H18O2/c1-20-17(19)18(11-12-18)13-14-7-9-16(10-8-14)15-5-3-2-4-6-15/h2-10H,11-13H2,1H3. The van der Waals surface area contributed by atoms with Crippen LogP contribution >= 0.6 is 0 Å². The molecule has 0 N–H and O–H groups in total. The first-order valence-electron chi connectivity index (χ1n) is 6.96. The van der Waals surface area contributed by atoms with Gasteiger partial charge >= 0.3 is 5.97 Å². The van der Waals surface area contributed by atoms with Gasteiger partial charge in [-0.15, -0.1) is 0 Å². The van der Waals surface area contributed by atoms with Crippen molar-refractivity contribution in [3.05, 3.63) is 60.2 Å². The second-order valence-corrected chi connectivity index (χ2v) is 5.51. The quantitative estimate of drug-likeness (QED) is 0.786. The summed E-state index contributed by atoms with van der Waals surface area (Å²) in [5.74, 6) is -0.0652. The van der Waals surface area contributed by atoms with E-state index in [9.17, 15) is 4.79 Å². The van der Waals surface area contributed by atoms with Crippen molar-refractivity contribution in [2.45, 2.75) is 19.3 Å². The van der Waals surface area contributed by atoms with E-state index in [-0.39, 0.29) is 11.4 Å². The van der Waals surface area contributed by atoms with Crippen molar-refractivity contribution in [1.82, 2.24) is 0 Å². The maximum Gasteiger partial charge on any atom is 0.312 e. The molecular formula is C18H18O2. The Hall–Kier alpha value is -2.09. The minimum Gasteiger partial charge on any atom is -0.469 e. The van der Waals surface area contributed by atoms with E-state index in [2.05, 4.69) is 36.4 Å². The molecule has 2 heteroatoms. The van der Waals surface area contributed by atoms with Crippen LogP contribution in [0.3, 0.4) is 0 Å². The first-order valence-corrected chi connectivity index (χ1v) is 6.96. The summed E-state index contributed by atoms with van der Waals surface area (Å²) in [6, 6.07) is 18.8. The molecule has 0 unspecified atom stereocenters. The van der Waals surface area contributed by atoms with Crippen LogP contribution in [0.25, 0.3) is 11.1 Å². The number of methoxy groups -OCH3 is 1. The summed E-state index contributed by atoms with van der Waals surface area (Å²) >= 11 is 0. The first kappa shape index (κ1) is 12.9. The highest BCUT2D eigenvalue weighted by molar-refractivity contribution is 5.80. The number of carbonyl (C=O) groups is 1. The molecule has 0 spiro atoms. The molecule has 1 aliphatic carbocycles. The van der Waals surface area contributed by atoms with E-state index in [1.54, 1.807) is 0 Å². The third-order valence-electron chi connectivity index (χ3n) is 4.08. The van der Waals surface area contributed by atoms with E-state index in [1.165, 1.54) is 23.8 Å². The minimum absolute atomic E-state index is 0.0652. The van der Waals surface area contributed by atoms with Gasteiger partial charge in [0.2, 0.25) is 0 Å². The van der Waals surface area contributed by atoms with E-state index in [4.69, 9.17) is 4.74 Å². The Morgan fingerprint density at radius 1 is 1.00 bits per heavy atom. The highest BCUT2D eigenvalue weighted by Crippen LogP contribution is 2.49.